The molecule has 0 bridgehead atoms. The van der Waals surface area contributed by atoms with E-state index in [0.29, 0.717) is 12.8 Å². The van der Waals surface area contributed by atoms with E-state index in [9.17, 15) is 4.39 Å². The van der Waals surface area contributed by atoms with Crippen LogP contribution in [0.5, 0.6) is 5.06 Å². The number of rotatable bonds is 6. The number of ether oxygens (including phenoxy) is 1. The van der Waals surface area contributed by atoms with Crippen molar-refractivity contribution in [1.29, 1.82) is 0 Å². The molecule has 4 rings (SSSR count). The van der Waals surface area contributed by atoms with Crippen molar-refractivity contribution in [3.8, 4) is 15.5 Å². The highest BCUT2D eigenvalue weighted by Gasteiger charge is 2.23. The Kier molecular flexibility index (Phi) is 9.63. The van der Waals surface area contributed by atoms with Gasteiger partial charge in [0.25, 0.3) is 0 Å². The lowest BCUT2D eigenvalue weighted by atomic mass is 9.96. The van der Waals surface area contributed by atoms with Gasteiger partial charge in [0.15, 0.2) is 5.06 Å². The SMILES string of the molecule is Cc1cc(-c2ccccc2)sc1OCN1CCCCC1Cc1ccc(F)cc1.Cl.Cl. The maximum absolute atomic E-state index is 13.2. The van der Waals surface area contributed by atoms with Crippen LogP contribution in [0.3, 0.4) is 0 Å². The largest absolute Gasteiger partial charge is 0.468 e. The molecule has 0 saturated carbocycles. The highest BCUT2D eigenvalue weighted by molar-refractivity contribution is 7.17. The van der Waals surface area contributed by atoms with Gasteiger partial charge in [-0.3, -0.25) is 4.90 Å². The van der Waals surface area contributed by atoms with Gasteiger partial charge in [-0.15, -0.1) is 24.8 Å². The summed E-state index contributed by atoms with van der Waals surface area (Å²) in [4.78, 5) is 3.68. The Morgan fingerprint density at radius 1 is 1.03 bits per heavy atom. The summed E-state index contributed by atoms with van der Waals surface area (Å²) in [5.41, 5.74) is 3.62. The lowest BCUT2D eigenvalue weighted by Crippen LogP contribution is -2.43. The molecule has 1 fully saturated rings. The molecule has 0 radical (unpaired) electrons. The number of hydrogen-bond acceptors (Lipinski definition) is 3. The van der Waals surface area contributed by atoms with E-state index in [1.54, 1.807) is 23.5 Å². The highest BCUT2D eigenvalue weighted by atomic mass is 35.5. The second-order valence-electron chi connectivity index (χ2n) is 7.51. The number of likely N-dealkylation sites (tertiary alicyclic amines) is 1. The molecule has 1 unspecified atom stereocenters. The van der Waals surface area contributed by atoms with E-state index in [-0.39, 0.29) is 30.6 Å². The van der Waals surface area contributed by atoms with Crippen molar-refractivity contribution in [3.63, 3.8) is 0 Å². The van der Waals surface area contributed by atoms with Gasteiger partial charge in [0, 0.05) is 23.0 Å². The van der Waals surface area contributed by atoms with Gasteiger partial charge >= 0.3 is 0 Å². The summed E-state index contributed by atoms with van der Waals surface area (Å²) in [6, 6.07) is 20.0. The predicted molar refractivity (Wildman–Crippen MR) is 129 cm³/mol. The van der Waals surface area contributed by atoms with E-state index in [0.717, 1.165) is 18.0 Å². The first-order valence-electron chi connectivity index (χ1n) is 9.96. The van der Waals surface area contributed by atoms with Crippen molar-refractivity contribution < 1.29 is 9.13 Å². The highest BCUT2D eigenvalue weighted by Crippen LogP contribution is 2.37. The number of nitrogens with zero attached hydrogens (tertiary/aromatic N) is 1. The number of hydrogen-bond donors (Lipinski definition) is 0. The summed E-state index contributed by atoms with van der Waals surface area (Å²) in [5, 5.41) is 1.00. The van der Waals surface area contributed by atoms with Crippen LogP contribution in [0.1, 0.15) is 30.4 Å². The third-order valence-electron chi connectivity index (χ3n) is 5.43. The fourth-order valence-electron chi connectivity index (χ4n) is 3.85. The molecule has 6 heteroatoms. The van der Waals surface area contributed by atoms with Crippen LogP contribution in [0, 0.1) is 12.7 Å². The van der Waals surface area contributed by atoms with Crippen molar-refractivity contribution >= 4 is 36.2 Å². The first-order valence-corrected chi connectivity index (χ1v) is 10.8. The molecule has 2 aromatic carbocycles. The third-order valence-corrected chi connectivity index (χ3v) is 6.62. The van der Waals surface area contributed by atoms with Gasteiger partial charge in [0.05, 0.1) is 0 Å². The normalized spacial score (nSPS) is 16.4. The topological polar surface area (TPSA) is 12.5 Å². The predicted octanol–water partition coefficient (Wildman–Crippen LogP) is 7.14. The van der Waals surface area contributed by atoms with Crippen LogP contribution in [0.2, 0.25) is 0 Å². The Labute approximate surface area is 194 Å². The molecule has 0 spiro atoms. The molecular formula is C24H28Cl2FNOS. The standard InChI is InChI=1S/C24H26FNOS.2ClH/c1-18-15-23(20-7-3-2-4-8-20)28-24(18)27-17-26-14-6-5-9-22(26)16-19-10-12-21(25)13-11-19;;/h2-4,7-8,10-13,15,22H,5-6,9,14,16-17H2,1H3;2*1H. The molecule has 2 nitrogen and oxygen atoms in total. The van der Waals surface area contributed by atoms with Crippen LogP contribution in [0.25, 0.3) is 10.4 Å². The van der Waals surface area contributed by atoms with Crippen molar-refractivity contribution in [1.82, 2.24) is 4.90 Å². The van der Waals surface area contributed by atoms with Crippen molar-refractivity contribution in [2.24, 2.45) is 0 Å². The van der Waals surface area contributed by atoms with Gasteiger partial charge in [-0.2, -0.15) is 0 Å². The molecule has 30 heavy (non-hydrogen) atoms. The molecule has 0 N–H and O–H groups in total. The fourth-order valence-corrected chi connectivity index (χ4v) is 4.87. The summed E-state index contributed by atoms with van der Waals surface area (Å²) in [5.74, 6) is -0.171. The van der Waals surface area contributed by atoms with E-state index in [4.69, 9.17) is 4.74 Å². The van der Waals surface area contributed by atoms with Gasteiger partial charge in [0.1, 0.15) is 12.5 Å². The fraction of sp³-hybridized carbons (Fsp3) is 0.333. The summed E-state index contributed by atoms with van der Waals surface area (Å²) in [7, 11) is 0. The monoisotopic (exact) mass is 467 g/mol. The van der Waals surface area contributed by atoms with Crippen LogP contribution in [0.15, 0.2) is 60.7 Å². The summed E-state index contributed by atoms with van der Waals surface area (Å²) in [6.45, 7) is 3.79. The van der Waals surface area contributed by atoms with Crippen LogP contribution < -0.4 is 4.74 Å². The van der Waals surface area contributed by atoms with Crippen molar-refractivity contribution in [2.45, 2.75) is 38.6 Å². The van der Waals surface area contributed by atoms with Crippen molar-refractivity contribution in [3.05, 3.63) is 77.6 Å². The molecule has 3 aromatic rings. The minimum atomic E-state index is -0.171. The second-order valence-corrected chi connectivity index (χ2v) is 8.53. The zero-order valence-electron chi connectivity index (χ0n) is 17.1. The second kappa shape index (κ2) is 11.7. The maximum atomic E-state index is 13.2. The molecule has 1 aromatic heterocycles. The van der Waals surface area contributed by atoms with E-state index in [1.165, 1.54) is 40.8 Å². The first kappa shape index (κ1) is 24.7. The van der Waals surface area contributed by atoms with Crippen molar-refractivity contribution in [2.75, 3.05) is 13.3 Å². The maximum Gasteiger partial charge on any atom is 0.179 e. The quantitative estimate of drug-likeness (QED) is 0.381. The molecule has 1 aliphatic heterocycles. The smallest absolute Gasteiger partial charge is 0.179 e. The molecule has 162 valence electrons. The Balaban J connectivity index is 0.00000160. The van der Waals surface area contributed by atoms with E-state index in [1.807, 2.05) is 18.2 Å². The summed E-state index contributed by atoms with van der Waals surface area (Å²) >= 11 is 1.72. The Hall–Kier alpha value is -1.59. The Morgan fingerprint density at radius 3 is 2.50 bits per heavy atom. The lowest BCUT2D eigenvalue weighted by Gasteiger charge is -2.35. The first-order chi connectivity index (χ1) is 13.7. The summed E-state index contributed by atoms with van der Waals surface area (Å²) in [6.07, 6.45) is 4.57. The zero-order valence-corrected chi connectivity index (χ0v) is 19.5. The average molecular weight is 468 g/mol. The minimum absolute atomic E-state index is 0. The third kappa shape index (κ3) is 6.21. The van der Waals surface area contributed by atoms with E-state index < -0.39 is 0 Å². The molecule has 0 amide bonds. The number of thiophene rings is 1. The van der Waals surface area contributed by atoms with Gasteiger partial charge in [0.2, 0.25) is 0 Å². The molecule has 0 aliphatic carbocycles. The van der Waals surface area contributed by atoms with Crippen LogP contribution in [-0.4, -0.2) is 24.2 Å². The molecular weight excluding hydrogens is 440 g/mol. The van der Waals surface area contributed by atoms with Gasteiger partial charge in [-0.05, 0) is 55.5 Å². The van der Waals surface area contributed by atoms with Gasteiger partial charge < -0.3 is 4.74 Å². The Morgan fingerprint density at radius 2 is 1.77 bits per heavy atom. The zero-order chi connectivity index (χ0) is 19.3. The minimum Gasteiger partial charge on any atom is -0.468 e. The van der Waals surface area contributed by atoms with Gasteiger partial charge in [-0.1, -0.05) is 60.2 Å². The number of halogens is 3. The van der Waals surface area contributed by atoms with E-state index in [2.05, 4.69) is 42.2 Å². The summed E-state index contributed by atoms with van der Waals surface area (Å²) < 4.78 is 19.4. The van der Waals surface area contributed by atoms with E-state index >= 15 is 0 Å². The van der Waals surface area contributed by atoms with Crippen LogP contribution >= 0.6 is 36.2 Å². The van der Waals surface area contributed by atoms with Crippen LogP contribution in [-0.2, 0) is 6.42 Å². The molecule has 1 saturated heterocycles. The number of benzene rings is 2. The average Bonchev–Trinajstić information content (AvgIpc) is 3.10. The lowest BCUT2D eigenvalue weighted by molar-refractivity contribution is 0.0599. The number of piperidine rings is 1. The molecule has 2 heterocycles. The number of aryl methyl sites for hydroxylation is 1. The van der Waals surface area contributed by atoms with Gasteiger partial charge in [-0.25, -0.2) is 4.39 Å². The Bertz CT molecular complexity index is 901. The van der Waals surface area contributed by atoms with Crippen LogP contribution in [0.4, 0.5) is 4.39 Å². The molecule has 1 atom stereocenters. The molecule has 1 aliphatic rings.